The summed E-state index contributed by atoms with van der Waals surface area (Å²) < 4.78 is 26.1. The highest BCUT2D eigenvalue weighted by Gasteiger charge is 2.50. The molecule has 6 heteroatoms. The summed E-state index contributed by atoms with van der Waals surface area (Å²) in [7, 11) is 0. The summed E-state index contributed by atoms with van der Waals surface area (Å²) in [4.78, 5) is 14.3. The Morgan fingerprint density at radius 2 is 1.96 bits per heavy atom. The molecule has 3 rings (SSSR count). The number of nitrogens with one attached hydrogen (secondary N) is 1. The van der Waals surface area contributed by atoms with Crippen LogP contribution >= 0.6 is 12.4 Å². The van der Waals surface area contributed by atoms with Gasteiger partial charge in [0.15, 0.2) is 0 Å². The van der Waals surface area contributed by atoms with Crippen LogP contribution in [0.25, 0.3) is 0 Å². The van der Waals surface area contributed by atoms with Crippen molar-refractivity contribution in [2.75, 3.05) is 19.6 Å². The van der Waals surface area contributed by atoms with Gasteiger partial charge in [-0.25, -0.2) is 8.78 Å². The number of amides is 1. The Bertz CT molecular complexity index is 542. The summed E-state index contributed by atoms with van der Waals surface area (Å²) in [6.07, 6.45) is 0.386. The maximum absolute atomic E-state index is 13.0. The van der Waals surface area contributed by atoms with Gasteiger partial charge in [0, 0.05) is 38.4 Å². The van der Waals surface area contributed by atoms with Gasteiger partial charge >= 0.3 is 0 Å². The summed E-state index contributed by atoms with van der Waals surface area (Å²) in [5.41, 5.74) is 2.33. The summed E-state index contributed by atoms with van der Waals surface area (Å²) in [5, 5.41) is 3.30. The first kappa shape index (κ1) is 18.1. The van der Waals surface area contributed by atoms with E-state index in [1.807, 2.05) is 12.1 Å². The molecule has 2 fully saturated rings. The highest BCUT2D eigenvalue weighted by Crippen LogP contribution is 2.44. The summed E-state index contributed by atoms with van der Waals surface area (Å²) >= 11 is 0. The van der Waals surface area contributed by atoms with Crippen molar-refractivity contribution in [2.45, 2.75) is 38.2 Å². The van der Waals surface area contributed by atoms with Crippen molar-refractivity contribution in [3.05, 3.63) is 35.4 Å². The Morgan fingerprint density at radius 1 is 1.30 bits per heavy atom. The maximum Gasteiger partial charge on any atom is 0.249 e. The molecule has 0 spiro atoms. The third-order valence-electron chi connectivity index (χ3n) is 4.74. The predicted octanol–water partition coefficient (Wildman–Crippen LogP) is 3.19. The van der Waals surface area contributed by atoms with Crippen molar-refractivity contribution in [3.63, 3.8) is 0 Å². The first-order valence-corrected chi connectivity index (χ1v) is 7.98. The summed E-state index contributed by atoms with van der Waals surface area (Å²) in [5.74, 6) is -3.27. The van der Waals surface area contributed by atoms with Crippen molar-refractivity contribution >= 4 is 18.3 Å². The number of benzene rings is 1. The van der Waals surface area contributed by atoms with E-state index in [4.69, 9.17) is 0 Å². The van der Waals surface area contributed by atoms with Gasteiger partial charge < -0.3 is 10.2 Å². The zero-order valence-electron chi connectivity index (χ0n) is 13.2. The van der Waals surface area contributed by atoms with Crippen molar-refractivity contribution in [1.29, 1.82) is 0 Å². The second-order valence-corrected chi connectivity index (χ2v) is 6.31. The normalized spacial score (nSPS) is 23.8. The van der Waals surface area contributed by atoms with Gasteiger partial charge in [0.1, 0.15) is 0 Å². The van der Waals surface area contributed by atoms with Gasteiger partial charge in [0.2, 0.25) is 11.8 Å². The van der Waals surface area contributed by atoms with Gasteiger partial charge in [-0.2, -0.15) is 0 Å². The first-order chi connectivity index (χ1) is 10.5. The second-order valence-electron chi connectivity index (χ2n) is 6.31. The van der Waals surface area contributed by atoms with Crippen LogP contribution < -0.4 is 5.32 Å². The van der Waals surface area contributed by atoms with E-state index in [2.05, 4.69) is 24.4 Å². The first-order valence-electron chi connectivity index (χ1n) is 7.98. The van der Waals surface area contributed by atoms with Gasteiger partial charge in [-0.3, -0.25) is 4.79 Å². The molecule has 3 nitrogen and oxygen atoms in total. The lowest BCUT2D eigenvalue weighted by molar-refractivity contribution is -0.162. The molecule has 1 saturated heterocycles. The standard InChI is InChI=1S/C17H22F2N2O.ClH/c1-2-12-3-5-13(6-4-12)15-11-20-7-8-21(15)16(22)14-9-17(18,19)10-14;/h3-6,14-15,20H,2,7-11H2,1H3;1H. The minimum atomic E-state index is -2.65. The van der Waals surface area contributed by atoms with Crippen LogP contribution in [-0.4, -0.2) is 36.4 Å². The average Bonchev–Trinajstić information content (AvgIpc) is 2.52. The van der Waals surface area contributed by atoms with Crippen LogP contribution in [0.4, 0.5) is 8.78 Å². The molecule has 1 aromatic rings. The Kier molecular flexibility index (Phi) is 5.63. The monoisotopic (exact) mass is 344 g/mol. The summed E-state index contributed by atoms with van der Waals surface area (Å²) in [6.45, 7) is 4.09. The fraction of sp³-hybridized carbons (Fsp3) is 0.588. The number of carbonyl (C=O) groups is 1. The minimum absolute atomic E-state index is 0. The molecule has 1 amide bonds. The van der Waals surface area contributed by atoms with Crippen molar-refractivity contribution < 1.29 is 13.6 Å². The Hall–Kier alpha value is -1.20. The molecule has 1 atom stereocenters. The van der Waals surface area contributed by atoms with Crippen molar-refractivity contribution in [2.24, 2.45) is 5.92 Å². The van der Waals surface area contributed by atoms with Crippen LogP contribution in [0.2, 0.25) is 0 Å². The molecule has 1 aromatic carbocycles. The number of hydrogen-bond acceptors (Lipinski definition) is 2. The third-order valence-corrected chi connectivity index (χ3v) is 4.74. The molecule has 1 saturated carbocycles. The number of piperazine rings is 1. The molecule has 0 bridgehead atoms. The van der Waals surface area contributed by atoms with E-state index < -0.39 is 11.8 Å². The number of halogens is 3. The maximum atomic E-state index is 13.0. The Labute approximate surface area is 141 Å². The largest absolute Gasteiger partial charge is 0.333 e. The molecule has 1 N–H and O–H groups in total. The van der Waals surface area contributed by atoms with E-state index in [0.717, 1.165) is 18.5 Å². The third kappa shape index (κ3) is 3.83. The Balaban J connectivity index is 0.00000192. The van der Waals surface area contributed by atoms with Crippen LogP contribution in [0.15, 0.2) is 24.3 Å². The Morgan fingerprint density at radius 3 is 2.52 bits per heavy atom. The van der Waals surface area contributed by atoms with Gasteiger partial charge in [-0.15, -0.1) is 12.4 Å². The predicted molar refractivity (Wildman–Crippen MR) is 88.1 cm³/mol. The minimum Gasteiger partial charge on any atom is -0.333 e. The lowest BCUT2D eigenvalue weighted by Gasteiger charge is -2.42. The van der Waals surface area contributed by atoms with Crippen LogP contribution in [0.1, 0.15) is 36.9 Å². The second kappa shape index (κ2) is 7.14. The quantitative estimate of drug-likeness (QED) is 0.913. The van der Waals surface area contributed by atoms with E-state index >= 15 is 0 Å². The van der Waals surface area contributed by atoms with Gasteiger partial charge in [-0.05, 0) is 17.5 Å². The number of aryl methyl sites for hydroxylation is 1. The highest BCUT2D eigenvalue weighted by molar-refractivity contribution is 5.85. The number of nitrogens with zero attached hydrogens (tertiary/aromatic N) is 1. The smallest absolute Gasteiger partial charge is 0.249 e. The van der Waals surface area contributed by atoms with E-state index in [9.17, 15) is 13.6 Å². The zero-order chi connectivity index (χ0) is 15.7. The molecule has 1 unspecified atom stereocenters. The number of carbonyl (C=O) groups excluding carboxylic acids is 1. The highest BCUT2D eigenvalue weighted by atomic mass is 35.5. The number of hydrogen-bond donors (Lipinski definition) is 1. The topological polar surface area (TPSA) is 32.3 Å². The van der Waals surface area contributed by atoms with E-state index in [1.165, 1.54) is 5.56 Å². The molecule has 1 aliphatic heterocycles. The van der Waals surface area contributed by atoms with Gasteiger partial charge in [0.25, 0.3) is 0 Å². The molecule has 1 aliphatic carbocycles. The van der Waals surface area contributed by atoms with Gasteiger partial charge in [0.05, 0.1) is 6.04 Å². The van der Waals surface area contributed by atoms with Crippen LogP contribution in [-0.2, 0) is 11.2 Å². The van der Waals surface area contributed by atoms with E-state index in [-0.39, 0.29) is 37.2 Å². The molecule has 2 aliphatic rings. The molecule has 128 valence electrons. The fourth-order valence-electron chi connectivity index (χ4n) is 3.31. The molecular weight excluding hydrogens is 322 g/mol. The molecular formula is C17H23ClF2N2O. The number of alkyl halides is 2. The van der Waals surface area contributed by atoms with Crippen LogP contribution in [0, 0.1) is 5.92 Å². The molecule has 1 heterocycles. The van der Waals surface area contributed by atoms with E-state index in [1.54, 1.807) is 4.90 Å². The van der Waals surface area contributed by atoms with Crippen molar-refractivity contribution in [1.82, 2.24) is 10.2 Å². The van der Waals surface area contributed by atoms with E-state index in [0.29, 0.717) is 13.1 Å². The lowest BCUT2D eigenvalue weighted by Crippen LogP contribution is -2.53. The summed E-state index contributed by atoms with van der Waals surface area (Å²) in [6, 6.07) is 8.19. The fourth-order valence-corrected chi connectivity index (χ4v) is 3.31. The van der Waals surface area contributed by atoms with Crippen molar-refractivity contribution in [3.8, 4) is 0 Å². The van der Waals surface area contributed by atoms with Gasteiger partial charge in [-0.1, -0.05) is 31.2 Å². The number of rotatable bonds is 3. The molecule has 0 aromatic heterocycles. The average molecular weight is 345 g/mol. The van der Waals surface area contributed by atoms with Crippen LogP contribution in [0.3, 0.4) is 0 Å². The SMILES string of the molecule is CCc1ccc(C2CNCCN2C(=O)C2CC(F)(F)C2)cc1.Cl. The molecule has 0 radical (unpaired) electrons. The lowest BCUT2D eigenvalue weighted by atomic mass is 9.80. The van der Waals surface area contributed by atoms with Crippen LogP contribution in [0.5, 0.6) is 0 Å². The molecule has 23 heavy (non-hydrogen) atoms. The zero-order valence-corrected chi connectivity index (χ0v) is 14.0.